The zero-order chi connectivity index (χ0) is 16.7. The highest BCUT2D eigenvalue weighted by Gasteiger charge is 2.17. The van der Waals surface area contributed by atoms with Crippen LogP contribution in [0.1, 0.15) is 65.7 Å². The lowest BCUT2D eigenvalue weighted by Crippen LogP contribution is -2.34. The second kappa shape index (κ2) is 9.47. The Morgan fingerprint density at radius 2 is 1.96 bits per heavy atom. The van der Waals surface area contributed by atoms with E-state index in [1.807, 2.05) is 0 Å². The molecular formula is C22H37N. The summed E-state index contributed by atoms with van der Waals surface area (Å²) in [6.07, 6.45) is 21.7. The predicted octanol–water partition coefficient (Wildman–Crippen LogP) is 5.99. The Balaban J connectivity index is 1.84. The van der Waals surface area contributed by atoms with Crippen LogP contribution in [0, 0.1) is 17.8 Å². The molecule has 0 radical (unpaired) electrons. The van der Waals surface area contributed by atoms with Crippen LogP contribution in [0.15, 0.2) is 36.0 Å². The van der Waals surface area contributed by atoms with E-state index < -0.39 is 0 Å². The predicted molar refractivity (Wildman–Crippen MR) is 103 cm³/mol. The minimum Gasteiger partial charge on any atom is -0.300 e. The van der Waals surface area contributed by atoms with Crippen molar-refractivity contribution in [3.8, 4) is 0 Å². The summed E-state index contributed by atoms with van der Waals surface area (Å²) in [6, 6.07) is 0.678. The van der Waals surface area contributed by atoms with Gasteiger partial charge in [-0.05, 0) is 69.9 Å². The molecule has 1 heteroatoms. The molecule has 1 nitrogen and oxygen atoms in total. The summed E-state index contributed by atoms with van der Waals surface area (Å²) in [4.78, 5) is 2.52. The van der Waals surface area contributed by atoms with Gasteiger partial charge in [-0.25, -0.2) is 0 Å². The third-order valence-electron chi connectivity index (χ3n) is 5.35. The maximum absolute atomic E-state index is 2.56. The molecule has 3 atom stereocenters. The highest BCUT2D eigenvalue weighted by atomic mass is 15.1. The van der Waals surface area contributed by atoms with Crippen molar-refractivity contribution in [2.45, 2.75) is 71.8 Å². The van der Waals surface area contributed by atoms with Gasteiger partial charge in [-0.3, -0.25) is 4.90 Å². The molecule has 23 heavy (non-hydrogen) atoms. The molecule has 0 N–H and O–H groups in total. The average Bonchev–Trinajstić information content (AvgIpc) is 2.52. The van der Waals surface area contributed by atoms with Crippen LogP contribution < -0.4 is 0 Å². The second-order valence-corrected chi connectivity index (χ2v) is 8.14. The minimum atomic E-state index is 0.658. The largest absolute Gasteiger partial charge is 0.300 e. The number of allylic oxidation sites excluding steroid dienone is 5. The number of hydrogen-bond donors (Lipinski definition) is 0. The summed E-state index contributed by atoms with van der Waals surface area (Å²) in [5.41, 5.74) is 1.57. The Kier molecular flexibility index (Phi) is 7.62. The maximum Gasteiger partial charge on any atom is 0.0275 e. The standard InChI is InChI=1S/C22H37N/c1-18(2)11-13-20-8-7-9-21(17-20)16-19(3)12-14-22-10-5-6-15-23(22)4/h11-14,17-19,21-22H,5-10,15-16H2,1-4H3/b13-11+,14-12+. The summed E-state index contributed by atoms with van der Waals surface area (Å²) in [5.74, 6) is 2.13. The smallest absolute Gasteiger partial charge is 0.0275 e. The number of piperidine rings is 1. The fourth-order valence-corrected chi connectivity index (χ4v) is 3.90. The molecule has 0 bridgehead atoms. The van der Waals surface area contributed by atoms with Crippen LogP contribution in [0.2, 0.25) is 0 Å². The summed E-state index contributed by atoms with van der Waals surface area (Å²) in [6.45, 7) is 8.17. The van der Waals surface area contributed by atoms with Gasteiger partial charge in [0, 0.05) is 6.04 Å². The fraction of sp³-hybridized carbons (Fsp3) is 0.727. The molecule has 1 saturated heterocycles. The van der Waals surface area contributed by atoms with Gasteiger partial charge in [0.15, 0.2) is 0 Å². The number of nitrogens with zero attached hydrogens (tertiary/aromatic N) is 1. The van der Waals surface area contributed by atoms with Gasteiger partial charge in [0.05, 0.1) is 0 Å². The van der Waals surface area contributed by atoms with E-state index in [1.165, 1.54) is 51.5 Å². The van der Waals surface area contributed by atoms with E-state index in [0.717, 1.165) is 5.92 Å². The highest BCUT2D eigenvalue weighted by Crippen LogP contribution is 2.29. The summed E-state index contributed by atoms with van der Waals surface area (Å²) >= 11 is 0. The summed E-state index contributed by atoms with van der Waals surface area (Å²) < 4.78 is 0. The first-order chi connectivity index (χ1) is 11.0. The van der Waals surface area contributed by atoms with E-state index in [-0.39, 0.29) is 0 Å². The number of likely N-dealkylation sites (tertiary alicyclic amines) is 1. The van der Waals surface area contributed by atoms with Gasteiger partial charge in [0.25, 0.3) is 0 Å². The van der Waals surface area contributed by atoms with Gasteiger partial charge >= 0.3 is 0 Å². The third-order valence-corrected chi connectivity index (χ3v) is 5.35. The first-order valence-corrected chi connectivity index (χ1v) is 9.82. The molecule has 1 fully saturated rings. The molecular weight excluding hydrogens is 278 g/mol. The Morgan fingerprint density at radius 1 is 1.13 bits per heavy atom. The van der Waals surface area contributed by atoms with Gasteiger partial charge in [-0.15, -0.1) is 0 Å². The van der Waals surface area contributed by atoms with Crippen LogP contribution in [0.4, 0.5) is 0 Å². The molecule has 2 aliphatic rings. The molecule has 0 aromatic heterocycles. The van der Waals surface area contributed by atoms with Crippen LogP contribution >= 0.6 is 0 Å². The van der Waals surface area contributed by atoms with Crippen molar-refractivity contribution in [1.29, 1.82) is 0 Å². The molecule has 1 heterocycles. The third kappa shape index (κ3) is 6.67. The topological polar surface area (TPSA) is 3.24 Å². The molecule has 130 valence electrons. The monoisotopic (exact) mass is 315 g/mol. The van der Waals surface area contributed by atoms with E-state index in [2.05, 4.69) is 63.1 Å². The molecule has 0 saturated carbocycles. The number of hydrogen-bond acceptors (Lipinski definition) is 1. The Hall–Kier alpha value is -0.820. The van der Waals surface area contributed by atoms with E-state index in [4.69, 9.17) is 0 Å². The van der Waals surface area contributed by atoms with Crippen LogP contribution in [-0.4, -0.2) is 24.5 Å². The lowest BCUT2D eigenvalue weighted by atomic mass is 9.84. The maximum atomic E-state index is 2.56. The molecule has 3 unspecified atom stereocenters. The first-order valence-electron chi connectivity index (χ1n) is 9.82. The van der Waals surface area contributed by atoms with Gasteiger partial charge in [-0.1, -0.05) is 63.1 Å². The molecule has 1 aliphatic carbocycles. The van der Waals surface area contributed by atoms with Gasteiger partial charge in [0.2, 0.25) is 0 Å². The van der Waals surface area contributed by atoms with Gasteiger partial charge < -0.3 is 0 Å². The van der Waals surface area contributed by atoms with Crippen molar-refractivity contribution in [3.05, 3.63) is 36.0 Å². The highest BCUT2D eigenvalue weighted by molar-refractivity contribution is 5.22. The SMILES string of the molecule is CC(C)/C=C/C1=CC(CC(C)/C=C/C2CCCCN2C)CCC1. The quantitative estimate of drug-likeness (QED) is 0.544. The van der Waals surface area contributed by atoms with E-state index in [1.54, 1.807) is 5.57 Å². The van der Waals surface area contributed by atoms with Crippen molar-refractivity contribution >= 4 is 0 Å². The molecule has 0 spiro atoms. The van der Waals surface area contributed by atoms with Gasteiger partial charge in [0.1, 0.15) is 0 Å². The molecule has 0 aromatic carbocycles. The normalized spacial score (nSPS) is 28.7. The van der Waals surface area contributed by atoms with E-state index in [9.17, 15) is 0 Å². The van der Waals surface area contributed by atoms with Crippen LogP contribution in [0.5, 0.6) is 0 Å². The molecule has 0 aromatic rings. The van der Waals surface area contributed by atoms with Crippen molar-refractivity contribution in [3.63, 3.8) is 0 Å². The van der Waals surface area contributed by atoms with E-state index >= 15 is 0 Å². The minimum absolute atomic E-state index is 0.658. The summed E-state index contributed by atoms with van der Waals surface area (Å²) in [5, 5.41) is 0. The zero-order valence-corrected chi connectivity index (χ0v) is 15.8. The fourth-order valence-electron chi connectivity index (χ4n) is 3.90. The average molecular weight is 316 g/mol. The lowest BCUT2D eigenvalue weighted by molar-refractivity contribution is 0.221. The molecule has 1 aliphatic heterocycles. The number of rotatable bonds is 6. The first kappa shape index (κ1) is 18.5. The van der Waals surface area contributed by atoms with Crippen molar-refractivity contribution < 1.29 is 0 Å². The molecule has 0 amide bonds. The summed E-state index contributed by atoms with van der Waals surface area (Å²) in [7, 11) is 2.27. The second-order valence-electron chi connectivity index (χ2n) is 8.14. The lowest BCUT2D eigenvalue weighted by Gasteiger charge is -2.30. The van der Waals surface area contributed by atoms with Gasteiger partial charge in [-0.2, -0.15) is 0 Å². The van der Waals surface area contributed by atoms with Crippen molar-refractivity contribution in [2.75, 3.05) is 13.6 Å². The Morgan fingerprint density at radius 3 is 2.70 bits per heavy atom. The Bertz CT molecular complexity index is 429. The Labute approximate surface area is 144 Å². The van der Waals surface area contributed by atoms with Crippen molar-refractivity contribution in [1.82, 2.24) is 4.90 Å². The zero-order valence-electron chi connectivity index (χ0n) is 15.8. The van der Waals surface area contributed by atoms with Crippen LogP contribution in [-0.2, 0) is 0 Å². The number of likely N-dealkylation sites (N-methyl/N-ethyl adjacent to an activating group) is 1. The van der Waals surface area contributed by atoms with Crippen LogP contribution in [0.3, 0.4) is 0 Å². The van der Waals surface area contributed by atoms with E-state index in [0.29, 0.717) is 17.9 Å². The molecule has 2 rings (SSSR count). The van der Waals surface area contributed by atoms with Crippen molar-refractivity contribution in [2.24, 2.45) is 17.8 Å². The van der Waals surface area contributed by atoms with Crippen LogP contribution in [0.25, 0.3) is 0 Å².